The van der Waals surface area contributed by atoms with Gasteiger partial charge >= 0.3 is 0 Å². The second-order valence-corrected chi connectivity index (χ2v) is 4.30. The molecule has 0 unspecified atom stereocenters. The Labute approximate surface area is 102 Å². The fourth-order valence-corrected chi connectivity index (χ4v) is 2.28. The van der Waals surface area contributed by atoms with Crippen molar-refractivity contribution in [3.8, 4) is 5.75 Å². The van der Waals surface area contributed by atoms with E-state index >= 15 is 0 Å². The second kappa shape index (κ2) is 4.55. The molecule has 0 fully saturated rings. The highest BCUT2D eigenvalue weighted by Gasteiger charge is 2.19. The van der Waals surface area contributed by atoms with E-state index in [2.05, 4.69) is 0 Å². The fourth-order valence-electron chi connectivity index (χ4n) is 1.46. The van der Waals surface area contributed by atoms with E-state index in [1.54, 1.807) is 11.4 Å². The molecule has 2 aromatic rings. The Morgan fingerprint density at radius 2 is 2.18 bits per heavy atom. The molecule has 0 bridgehead atoms. The molecule has 0 saturated heterocycles. The highest BCUT2D eigenvalue weighted by Crippen LogP contribution is 2.28. The molecule has 0 aliphatic heterocycles. The summed E-state index contributed by atoms with van der Waals surface area (Å²) in [7, 11) is 1.47. The van der Waals surface area contributed by atoms with Gasteiger partial charge in [0.25, 0.3) is 0 Å². The predicted molar refractivity (Wildman–Crippen MR) is 65.1 cm³/mol. The molecule has 1 heterocycles. The summed E-state index contributed by atoms with van der Waals surface area (Å²) in [5, 5.41) is 1.72. The molecule has 0 radical (unpaired) electrons. The van der Waals surface area contributed by atoms with Crippen LogP contribution in [0.3, 0.4) is 0 Å². The largest absolute Gasteiger partial charge is 0.495 e. The van der Waals surface area contributed by atoms with Crippen molar-refractivity contribution in [1.29, 1.82) is 0 Å². The third-order valence-corrected chi connectivity index (χ3v) is 3.18. The van der Waals surface area contributed by atoms with Gasteiger partial charge in [-0.15, -0.1) is 11.3 Å². The Hall–Kier alpha value is -1.88. The SMILES string of the molecule is COc1ccsc1C(=O)c1cc(N)ccc1F. The van der Waals surface area contributed by atoms with Gasteiger partial charge in [-0.2, -0.15) is 0 Å². The van der Waals surface area contributed by atoms with Crippen LogP contribution in [0.25, 0.3) is 0 Å². The van der Waals surface area contributed by atoms with Crippen LogP contribution >= 0.6 is 11.3 Å². The zero-order chi connectivity index (χ0) is 12.4. The number of ether oxygens (including phenoxy) is 1. The van der Waals surface area contributed by atoms with Crippen molar-refractivity contribution >= 4 is 22.8 Å². The van der Waals surface area contributed by atoms with Crippen molar-refractivity contribution in [2.75, 3.05) is 12.8 Å². The first-order chi connectivity index (χ1) is 8.13. The average molecular weight is 251 g/mol. The first-order valence-electron chi connectivity index (χ1n) is 4.84. The Morgan fingerprint density at radius 1 is 1.41 bits per heavy atom. The summed E-state index contributed by atoms with van der Waals surface area (Å²) in [6, 6.07) is 5.60. The summed E-state index contributed by atoms with van der Waals surface area (Å²) in [6.45, 7) is 0. The van der Waals surface area contributed by atoms with Crippen LogP contribution in [0.15, 0.2) is 29.6 Å². The molecule has 0 aliphatic carbocycles. The van der Waals surface area contributed by atoms with Crippen molar-refractivity contribution in [2.24, 2.45) is 0 Å². The number of hydrogen-bond donors (Lipinski definition) is 1. The fraction of sp³-hybridized carbons (Fsp3) is 0.0833. The lowest BCUT2D eigenvalue weighted by Gasteiger charge is -2.04. The van der Waals surface area contributed by atoms with E-state index in [1.165, 1.54) is 36.6 Å². The molecule has 0 amide bonds. The summed E-state index contributed by atoms with van der Waals surface area (Å²) in [6.07, 6.45) is 0. The summed E-state index contributed by atoms with van der Waals surface area (Å²) in [4.78, 5) is 12.5. The minimum absolute atomic E-state index is 0.0363. The summed E-state index contributed by atoms with van der Waals surface area (Å²) in [5.74, 6) is -0.553. The monoisotopic (exact) mass is 251 g/mol. The minimum Gasteiger partial charge on any atom is -0.495 e. The first kappa shape index (κ1) is 11.6. The molecule has 1 aromatic heterocycles. The van der Waals surface area contributed by atoms with E-state index in [0.717, 1.165) is 0 Å². The van der Waals surface area contributed by atoms with Gasteiger partial charge in [-0.1, -0.05) is 0 Å². The summed E-state index contributed by atoms with van der Waals surface area (Å²) in [5.41, 5.74) is 5.86. The average Bonchev–Trinajstić information content (AvgIpc) is 2.79. The maximum atomic E-state index is 13.5. The number of methoxy groups -OCH3 is 1. The maximum Gasteiger partial charge on any atom is 0.209 e. The Bertz CT molecular complexity index is 565. The number of thiophene rings is 1. The normalized spacial score (nSPS) is 10.2. The van der Waals surface area contributed by atoms with Gasteiger partial charge in [0.15, 0.2) is 0 Å². The molecule has 0 spiro atoms. The van der Waals surface area contributed by atoms with Crippen molar-refractivity contribution in [3.05, 3.63) is 45.9 Å². The Kier molecular flexibility index (Phi) is 3.10. The summed E-state index contributed by atoms with van der Waals surface area (Å²) < 4.78 is 18.6. The van der Waals surface area contributed by atoms with E-state index < -0.39 is 11.6 Å². The lowest BCUT2D eigenvalue weighted by atomic mass is 10.1. The predicted octanol–water partition coefficient (Wildman–Crippen LogP) is 2.71. The molecule has 0 atom stereocenters. The van der Waals surface area contributed by atoms with Crippen molar-refractivity contribution < 1.29 is 13.9 Å². The van der Waals surface area contributed by atoms with Crippen LogP contribution in [0, 0.1) is 5.82 Å². The lowest BCUT2D eigenvalue weighted by molar-refractivity contribution is 0.103. The van der Waals surface area contributed by atoms with Crippen molar-refractivity contribution in [1.82, 2.24) is 0 Å². The van der Waals surface area contributed by atoms with E-state index in [4.69, 9.17) is 10.5 Å². The molecule has 2 rings (SSSR count). The van der Waals surface area contributed by atoms with Crippen molar-refractivity contribution in [3.63, 3.8) is 0 Å². The van der Waals surface area contributed by atoms with Gasteiger partial charge in [0.2, 0.25) is 5.78 Å². The van der Waals surface area contributed by atoms with Gasteiger partial charge in [0.1, 0.15) is 16.4 Å². The van der Waals surface area contributed by atoms with Crippen LogP contribution in [0.1, 0.15) is 15.2 Å². The number of carbonyl (C=O) groups is 1. The molecule has 1 aromatic carbocycles. The number of hydrogen-bond acceptors (Lipinski definition) is 4. The number of halogens is 1. The topological polar surface area (TPSA) is 52.3 Å². The molecule has 88 valence electrons. The molecule has 5 heteroatoms. The van der Waals surface area contributed by atoms with Gasteiger partial charge in [-0.05, 0) is 29.6 Å². The van der Waals surface area contributed by atoms with Gasteiger partial charge in [0, 0.05) is 5.69 Å². The number of anilines is 1. The van der Waals surface area contributed by atoms with E-state index in [-0.39, 0.29) is 5.56 Å². The van der Waals surface area contributed by atoms with E-state index in [1.807, 2.05) is 0 Å². The van der Waals surface area contributed by atoms with Gasteiger partial charge in [-0.3, -0.25) is 4.79 Å². The van der Waals surface area contributed by atoms with Crippen LogP contribution in [0.4, 0.5) is 10.1 Å². The third-order valence-electron chi connectivity index (χ3n) is 2.29. The van der Waals surface area contributed by atoms with E-state index in [0.29, 0.717) is 16.3 Å². The van der Waals surface area contributed by atoms with Gasteiger partial charge in [0.05, 0.1) is 12.7 Å². The zero-order valence-electron chi connectivity index (χ0n) is 9.07. The number of nitrogens with two attached hydrogens (primary N) is 1. The molecule has 0 saturated carbocycles. The standard InChI is InChI=1S/C12H10FNO2S/c1-16-10-4-5-17-12(10)11(15)8-6-7(14)2-3-9(8)13/h2-6H,14H2,1H3. The van der Waals surface area contributed by atoms with Gasteiger partial charge in [-0.25, -0.2) is 4.39 Å². The number of benzene rings is 1. The smallest absolute Gasteiger partial charge is 0.209 e. The summed E-state index contributed by atoms with van der Waals surface area (Å²) >= 11 is 1.21. The second-order valence-electron chi connectivity index (χ2n) is 3.39. The highest BCUT2D eigenvalue weighted by molar-refractivity contribution is 7.12. The highest BCUT2D eigenvalue weighted by atomic mass is 32.1. The number of ketones is 1. The quantitative estimate of drug-likeness (QED) is 0.674. The number of carbonyl (C=O) groups excluding carboxylic acids is 1. The molecular weight excluding hydrogens is 241 g/mol. The Morgan fingerprint density at radius 3 is 2.88 bits per heavy atom. The molecule has 0 aliphatic rings. The molecular formula is C12H10FNO2S. The third kappa shape index (κ3) is 2.14. The van der Waals surface area contributed by atoms with Crippen LogP contribution < -0.4 is 10.5 Å². The van der Waals surface area contributed by atoms with E-state index in [9.17, 15) is 9.18 Å². The molecule has 2 N–H and O–H groups in total. The van der Waals surface area contributed by atoms with Crippen LogP contribution in [-0.4, -0.2) is 12.9 Å². The lowest BCUT2D eigenvalue weighted by Crippen LogP contribution is -2.04. The minimum atomic E-state index is -0.584. The van der Waals surface area contributed by atoms with Gasteiger partial charge < -0.3 is 10.5 Å². The maximum absolute atomic E-state index is 13.5. The van der Waals surface area contributed by atoms with Crippen molar-refractivity contribution in [2.45, 2.75) is 0 Å². The number of rotatable bonds is 3. The Balaban J connectivity index is 2.47. The number of nitrogen functional groups attached to an aromatic ring is 1. The van der Waals surface area contributed by atoms with Crippen LogP contribution in [0.2, 0.25) is 0 Å². The first-order valence-corrected chi connectivity index (χ1v) is 5.72. The molecule has 17 heavy (non-hydrogen) atoms. The van der Waals surface area contributed by atoms with Crippen LogP contribution in [-0.2, 0) is 0 Å². The molecule has 3 nitrogen and oxygen atoms in total. The zero-order valence-corrected chi connectivity index (χ0v) is 9.88. The van der Waals surface area contributed by atoms with Crippen LogP contribution in [0.5, 0.6) is 5.75 Å².